The molecule has 1 N–H and O–H groups in total. The fourth-order valence-electron chi connectivity index (χ4n) is 3.79. The molecular weight excluding hydrogens is 352 g/mol. The summed E-state index contributed by atoms with van der Waals surface area (Å²) in [6.45, 7) is 0. The van der Waals surface area contributed by atoms with E-state index in [-0.39, 0.29) is 0 Å². The standard InChI is InChI=1S/C22H16N4O2/c27-22(28)20-17-3-1-2-4-19(17)25-21-15(7-10-18(20)21)11-14-5-8-16(9-6-14)26-13-23-12-24-26/h1-6,8-9,11-13H,7,10H2,(H,27,28)/b15-11-. The monoisotopic (exact) mass is 368 g/mol. The molecule has 5 rings (SSSR count). The van der Waals surface area contributed by atoms with Crippen molar-refractivity contribution >= 4 is 28.5 Å². The van der Waals surface area contributed by atoms with Crippen molar-refractivity contribution in [2.24, 2.45) is 0 Å². The number of pyridine rings is 1. The number of benzene rings is 2. The van der Waals surface area contributed by atoms with Gasteiger partial charge in [-0.1, -0.05) is 30.3 Å². The van der Waals surface area contributed by atoms with E-state index in [1.807, 2.05) is 48.5 Å². The Balaban J connectivity index is 1.59. The minimum Gasteiger partial charge on any atom is -0.478 e. The summed E-state index contributed by atoms with van der Waals surface area (Å²) in [7, 11) is 0. The number of hydrogen-bond donors (Lipinski definition) is 1. The van der Waals surface area contributed by atoms with E-state index in [2.05, 4.69) is 16.2 Å². The van der Waals surface area contributed by atoms with Gasteiger partial charge in [0.2, 0.25) is 0 Å². The Morgan fingerprint density at radius 2 is 1.89 bits per heavy atom. The van der Waals surface area contributed by atoms with Gasteiger partial charge >= 0.3 is 5.97 Å². The van der Waals surface area contributed by atoms with Crippen LogP contribution in [0, 0.1) is 0 Å². The predicted molar refractivity (Wildman–Crippen MR) is 106 cm³/mol. The van der Waals surface area contributed by atoms with Gasteiger partial charge in [0.25, 0.3) is 0 Å². The smallest absolute Gasteiger partial charge is 0.336 e. The molecule has 0 atom stereocenters. The molecule has 0 fully saturated rings. The molecule has 1 aliphatic carbocycles. The molecule has 0 radical (unpaired) electrons. The number of hydrogen-bond acceptors (Lipinski definition) is 4. The zero-order chi connectivity index (χ0) is 19.1. The van der Waals surface area contributed by atoms with Crippen LogP contribution in [-0.4, -0.2) is 30.8 Å². The van der Waals surface area contributed by atoms with Gasteiger partial charge in [-0.2, -0.15) is 5.10 Å². The van der Waals surface area contributed by atoms with Crippen LogP contribution >= 0.6 is 0 Å². The summed E-state index contributed by atoms with van der Waals surface area (Å²) in [6, 6.07) is 15.4. The molecule has 6 heteroatoms. The zero-order valence-electron chi connectivity index (χ0n) is 14.9. The van der Waals surface area contributed by atoms with Crippen LogP contribution < -0.4 is 0 Å². The highest BCUT2D eigenvalue weighted by Gasteiger charge is 2.26. The minimum atomic E-state index is -0.895. The van der Waals surface area contributed by atoms with Crippen LogP contribution in [0.2, 0.25) is 0 Å². The van der Waals surface area contributed by atoms with Crippen LogP contribution in [0.3, 0.4) is 0 Å². The number of carboxylic acid groups (broad SMARTS) is 1. The van der Waals surface area contributed by atoms with Crippen LogP contribution in [0.1, 0.15) is 33.6 Å². The number of rotatable bonds is 3. The lowest BCUT2D eigenvalue weighted by Gasteiger charge is -2.09. The number of carbonyl (C=O) groups is 1. The summed E-state index contributed by atoms with van der Waals surface area (Å²) in [5, 5.41) is 14.6. The third-order valence-electron chi connectivity index (χ3n) is 5.07. The lowest BCUT2D eigenvalue weighted by Crippen LogP contribution is -2.05. The van der Waals surface area contributed by atoms with E-state index in [9.17, 15) is 9.90 Å². The topological polar surface area (TPSA) is 80.9 Å². The van der Waals surface area contributed by atoms with Crippen molar-refractivity contribution in [1.82, 2.24) is 19.7 Å². The number of allylic oxidation sites excluding steroid dienone is 1. The Morgan fingerprint density at radius 1 is 1.07 bits per heavy atom. The molecule has 2 heterocycles. The molecular formula is C22H16N4O2. The highest BCUT2D eigenvalue weighted by atomic mass is 16.4. The fraction of sp³-hybridized carbons (Fsp3) is 0.0909. The normalized spacial score (nSPS) is 14.5. The highest BCUT2D eigenvalue weighted by molar-refractivity contribution is 6.06. The maximum Gasteiger partial charge on any atom is 0.336 e. The fourth-order valence-corrected chi connectivity index (χ4v) is 3.79. The minimum absolute atomic E-state index is 0.380. The Hall–Kier alpha value is -3.80. The van der Waals surface area contributed by atoms with E-state index >= 15 is 0 Å². The number of nitrogens with zero attached hydrogens (tertiary/aromatic N) is 4. The van der Waals surface area contributed by atoms with Crippen LogP contribution in [-0.2, 0) is 6.42 Å². The summed E-state index contributed by atoms with van der Waals surface area (Å²) >= 11 is 0. The van der Waals surface area contributed by atoms with E-state index in [1.165, 1.54) is 6.33 Å². The SMILES string of the molecule is O=C(O)c1c2c(nc3ccccc13)/C(=C\c1ccc(-n3cncn3)cc1)CC2. The van der Waals surface area contributed by atoms with Crippen LogP contribution in [0.15, 0.2) is 61.2 Å². The van der Waals surface area contributed by atoms with Gasteiger partial charge in [-0.25, -0.2) is 19.4 Å². The second-order valence-corrected chi connectivity index (χ2v) is 6.74. The molecule has 136 valence electrons. The number of fused-ring (bicyclic) bond motifs is 2. The Bertz CT molecular complexity index is 1230. The number of para-hydroxylation sites is 1. The second-order valence-electron chi connectivity index (χ2n) is 6.74. The molecule has 0 saturated carbocycles. The Morgan fingerprint density at radius 3 is 2.64 bits per heavy atom. The van der Waals surface area contributed by atoms with E-state index in [1.54, 1.807) is 11.0 Å². The summed E-state index contributed by atoms with van der Waals surface area (Å²) in [6.07, 6.45) is 6.72. The van der Waals surface area contributed by atoms with Crippen molar-refractivity contribution in [2.75, 3.05) is 0 Å². The molecule has 0 unspecified atom stereocenters. The quantitative estimate of drug-likeness (QED) is 0.591. The van der Waals surface area contributed by atoms with Crippen LogP contribution in [0.4, 0.5) is 0 Å². The van der Waals surface area contributed by atoms with Crippen molar-refractivity contribution < 1.29 is 9.90 Å². The van der Waals surface area contributed by atoms with E-state index < -0.39 is 5.97 Å². The van der Waals surface area contributed by atoms with E-state index in [0.29, 0.717) is 22.9 Å². The first kappa shape index (κ1) is 16.4. The number of aromatic carboxylic acids is 1. The number of aromatic nitrogens is 4. The van der Waals surface area contributed by atoms with Gasteiger partial charge in [-0.05, 0) is 53.8 Å². The second kappa shape index (κ2) is 6.42. The molecule has 0 spiro atoms. The lowest BCUT2D eigenvalue weighted by atomic mass is 10.0. The molecule has 4 aromatic rings. The highest BCUT2D eigenvalue weighted by Crippen LogP contribution is 2.37. The molecule has 0 saturated heterocycles. The van der Waals surface area contributed by atoms with Crippen molar-refractivity contribution in [1.29, 1.82) is 0 Å². The first-order chi connectivity index (χ1) is 13.7. The van der Waals surface area contributed by atoms with Gasteiger partial charge in [0.15, 0.2) is 0 Å². The Kier molecular flexibility index (Phi) is 3.76. The van der Waals surface area contributed by atoms with Gasteiger partial charge in [0, 0.05) is 5.39 Å². The maximum absolute atomic E-state index is 11.9. The molecule has 6 nitrogen and oxygen atoms in total. The summed E-state index contributed by atoms with van der Waals surface area (Å²) in [4.78, 5) is 20.7. The first-order valence-corrected chi connectivity index (χ1v) is 9.01. The van der Waals surface area contributed by atoms with Crippen LogP contribution in [0.5, 0.6) is 0 Å². The molecule has 28 heavy (non-hydrogen) atoms. The molecule has 0 amide bonds. The van der Waals surface area contributed by atoms with E-state index in [0.717, 1.165) is 34.5 Å². The summed E-state index contributed by atoms with van der Waals surface area (Å²) in [5.41, 5.74) is 5.77. The van der Waals surface area contributed by atoms with Gasteiger partial charge in [-0.15, -0.1) is 0 Å². The van der Waals surface area contributed by atoms with E-state index in [4.69, 9.17) is 4.98 Å². The zero-order valence-corrected chi connectivity index (χ0v) is 14.9. The van der Waals surface area contributed by atoms with Crippen molar-refractivity contribution in [3.05, 3.63) is 83.6 Å². The Labute approximate surface area is 160 Å². The third kappa shape index (κ3) is 2.66. The lowest BCUT2D eigenvalue weighted by molar-refractivity contribution is 0.0698. The van der Waals surface area contributed by atoms with Gasteiger partial charge in [-0.3, -0.25) is 0 Å². The largest absolute Gasteiger partial charge is 0.478 e. The average molecular weight is 368 g/mol. The third-order valence-corrected chi connectivity index (χ3v) is 5.07. The molecule has 1 aliphatic rings. The molecule has 2 aromatic carbocycles. The van der Waals surface area contributed by atoms with Gasteiger partial charge in [0.1, 0.15) is 12.7 Å². The van der Waals surface area contributed by atoms with Gasteiger partial charge in [0.05, 0.1) is 22.5 Å². The molecule has 2 aromatic heterocycles. The molecule has 0 bridgehead atoms. The van der Waals surface area contributed by atoms with Crippen LogP contribution in [0.25, 0.3) is 28.2 Å². The van der Waals surface area contributed by atoms with Gasteiger partial charge < -0.3 is 5.11 Å². The first-order valence-electron chi connectivity index (χ1n) is 9.01. The predicted octanol–water partition coefficient (Wildman–Crippen LogP) is 4.00. The average Bonchev–Trinajstić information content (AvgIpc) is 3.37. The summed E-state index contributed by atoms with van der Waals surface area (Å²) < 4.78 is 1.70. The summed E-state index contributed by atoms with van der Waals surface area (Å²) in [5.74, 6) is -0.895. The van der Waals surface area contributed by atoms with Crippen molar-refractivity contribution in [3.63, 3.8) is 0 Å². The maximum atomic E-state index is 11.9. The van der Waals surface area contributed by atoms with Crippen molar-refractivity contribution in [2.45, 2.75) is 12.8 Å². The van der Waals surface area contributed by atoms with Crippen molar-refractivity contribution in [3.8, 4) is 5.69 Å². The number of carboxylic acids is 1. The molecule has 0 aliphatic heterocycles.